The molecule has 0 saturated carbocycles. The second-order valence-corrected chi connectivity index (χ2v) is 9.33. The van der Waals surface area contributed by atoms with Gasteiger partial charge >= 0.3 is 11.9 Å². The quantitative estimate of drug-likeness (QED) is 0.392. The lowest BCUT2D eigenvalue weighted by atomic mass is 10.0. The number of amides is 1. The van der Waals surface area contributed by atoms with E-state index in [0.29, 0.717) is 9.69 Å². The summed E-state index contributed by atoms with van der Waals surface area (Å²) >= 11 is 0. The molecular formula is C23H29NO8S. The summed E-state index contributed by atoms with van der Waals surface area (Å²) < 4.78 is 42.7. The number of nitrogens with zero attached hydrogens (tertiary/aromatic N) is 1. The summed E-state index contributed by atoms with van der Waals surface area (Å²) in [6, 6.07) is 6.05. The van der Waals surface area contributed by atoms with Crippen molar-refractivity contribution in [3.8, 4) is 17.2 Å². The normalized spacial score (nSPS) is 11.4. The Morgan fingerprint density at radius 1 is 0.939 bits per heavy atom. The molecule has 9 nitrogen and oxygen atoms in total. The minimum atomic E-state index is -4.05. The van der Waals surface area contributed by atoms with Gasteiger partial charge in [0.2, 0.25) is 15.9 Å². The van der Waals surface area contributed by atoms with Gasteiger partial charge in [-0.2, -0.15) is 0 Å². The maximum atomic E-state index is 12.7. The first-order chi connectivity index (χ1) is 15.4. The number of rotatable bonds is 9. The van der Waals surface area contributed by atoms with Crippen LogP contribution in [0.1, 0.15) is 53.9 Å². The molecule has 2 rings (SSSR count). The van der Waals surface area contributed by atoms with Crippen LogP contribution in [0.5, 0.6) is 17.2 Å². The average Bonchev–Trinajstić information content (AvgIpc) is 2.74. The number of benzene rings is 2. The zero-order valence-electron chi connectivity index (χ0n) is 19.6. The Balaban J connectivity index is 3.07. The monoisotopic (exact) mass is 479 g/mol. The maximum Gasteiger partial charge on any atom is 0.311 e. The van der Waals surface area contributed by atoms with Crippen LogP contribution in [0.3, 0.4) is 0 Å². The molecule has 0 heterocycles. The van der Waals surface area contributed by atoms with Gasteiger partial charge in [-0.1, -0.05) is 32.9 Å². The first-order valence-corrected chi connectivity index (χ1v) is 12.5. The number of sulfonamides is 1. The molecule has 0 atom stereocenters. The Bertz CT molecular complexity index is 1170. The van der Waals surface area contributed by atoms with E-state index in [4.69, 9.17) is 14.2 Å². The molecular weight excluding hydrogens is 450 g/mol. The highest BCUT2D eigenvalue weighted by Gasteiger charge is 2.30. The van der Waals surface area contributed by atoms with Crippen LogP contribution in [0.15, 0.2) is 24.3 Å². The third kappa shape index (κ3) is 6.01. The molecule has 33 heavy (non-hydrogen) atoms. The van der Waals surface area contributed by atoms with Gasteiger partial charge in [0.25, 0.3) is 0 Å². The van der Waals surface area contributed by atoms with Gasteiger partial charge in [-0.25, -0.2) is 12.7 Å². The second-order valence-electron chi connectivity index (χ2n) is 7.50. The number of anilines is 1. The molecule has 1 amide bonds. The van der Waals surface area contributed by atoms with Crippen molar-refractivity contribution in [2.45, 2.75) is 60.0 Å². The molecule has 0 aliphatic heterocycles. The topological polar surface area (TPSA) is 116 Å². The van der Waals surface area contributed by atoms with Crippen molar-refractivity contribution in [2.75, 3.05) is 10.6 Å². The second kappa shape index (κ2) is 10.7. The first kappa shape index (κ1) is 26.1. The summed E-state index contributed by atoms with van der Waals surface area (Å²) in [4.78, 5) is 37.1. The Kier molecular flexibility index (Phi) is 8.43. The van der Waals surface area contributed by atoms with E-state index >= 15 is 0 Å². The average molecular weight is 480 g/mol. The van der Waals surface area contributed by atoms with Crippen LogP contribution in [-0.2, 0) is 24.4 Å². The maximum absolute atomic E-state index is 12.7. The summed E-state index contributed by atoms with van der Waals surface area (Å²) in [5.74, 6) is -1.92. The molecule has 10 heteroatoms. The van der Waals surface area contributed by atoms with E-state index < -0.39 is 27.9 Å². The van der Waals surface area contributed by atoms with Crippen LogP contribution in [0, 0.1) is 0 Å². The molecule has 0 aromatic heterocycles. The van der Waals surface area contributed by atoms with Crippen LogP contribution < -0.4 is 18.5 Å². The summed E-state index contributed by atoms with van der Waals surface area (Å²) in [6.45, 7) is 8.31. The van der Waals surface area contributed by atoms with Gasteiger partial charge in [0, 0.05) is 30.7 Å². The molecule has 0 saturated heterocycles. The van der Waals surface area contributed by atoms with Crippen LogP contribution in [0.2, 0.25) is 0 Å². The van der Waals surface area contributed by atoms with Crippen molar-refractivity contribution in [3.63, 3.8) is 0 Å². The minimum Gasteiger partial charge on any atom is -0.490 e. The number of fused-ring (bicyclic) bond motifs is 1. The highest BCUT2D eigenvalue weighted by atomic mass is 32.2. The molecule has 0 spiro atoms. The molecule has 0 fully saturated rings. The van der Waals surface area contributed by atoms with Gasteiger partial charge < -0.3 is 14.2 Å². The zero-order valence-corrected chi connectivity index (χ0v) is 20.4. The number of ether oxygens (including phenoxy) is 3. The van der Waals surface area contributed by atoms with Gasteiger partial charge in [-0.3, -0.25) is 14.4 Å². The first-order valence-electron chi connectivity index (χ1n) is 10.6. The lowest BCUT2D eigenvalue weighted by Crippen LogP contribution is -2.35. The van der Waals surface area contributed by atoms with Crippen LogP contribution in [0.25, 0.3) is 10.8 Å². The molecule has 180 valence electrons. The van der Waals surface area contributed by atoms with Gasteiger partial charge in [0.05, 0.1) is 23.4 Å². The number of carbonyl (C=O) groups is 3. The number of hydrogen-bond donors (Lipinski definition) is 0. The van der Waals surface area contributed by atoms with E-state index in [1.165, 1.54) is 19.1 Å². The van der Waals surface area contributed by atoms with Crippen molar-refractivity contribution in [1.82, 2.24) is 0 Å². The molecule has 2 aromatic rings. The highest BCUT2D eigenvalue weighted by Crippen LogP contribution is 2.47. The molecule has 2 aromatic carbocycles. The van der Waals surface area contributed by atoms with Crippen molar-refractivity contribution in [3.05, 3.63) is 24.3 Å². The third-order valence-corrected chi connectivity index (χ3v) is 5.54. The fraction of sp³-hybridized carbons (Fsp3) is 0.435. The van der Waals surface area contributed by atoms with E-state index in [1.807, 2.05) is 0 Å². The summed E-state index contributed by atoms with van der Waals surface area (Å²) in [6.07, 6.45) is 0.597. The van der Waals surface area contributed by atoms with Gasteiger partial charge in [-0.15, -0.1) is 0 Å². The van der Waals surface area contributed by atoms with E-state index in [-0.39, 0.29) is 53.7 Å². The van der Waals surface area contributed by atoms with Crippen molar-refractivity contribution in [1.29, 1.82) is 0 Å². The fourth-order valence-corrected chi connectivity index (χ4v) is 4.10. The van der Waals surface area contributed by atoms with Crippen molar-refractivity contribution in [2.24, 2.45) is 0 Å². The minimum absolute atomic E-state index is 0.0126. The highest BCUT2D eigenvalue weighted by molar-refractivity contribution is 7.92. The number of carbonyl (C=O) groups excluding carboxylic acids is 3. The van der Waals surface area contributed by atoms with Gasteiger partial charge in [-0.05, 0) is 19.9 Å². The Hall–Kier alpha value is -3.14. The molecule has 0 N–H and O–H groups in total. The molecule has 0 bridgehead atoms. The summed E-state index contributed by atoms with van der Waals surface area (Å²) in [7, 11) is -4.05. The predicted octanol–water partition coefficient (Wildman–Crippen LogP) is 3.96. The number of esters is 2. The fourth-order valence-electron chi connectivity index (χ4n) is 3.09. The predicted molar refractivity (Wildman–Crippen MR) is 124 cm³/mol. The van der Waals surface area contributed by atoms with Crippen molar-refractivity contribution >= 4 is 44.3 Å². The SMILES string of the molecule is CCC(=O)Oc1cc(OC(C)C)c2cccc(N(C(=O)CC)S(C)(=O)=O)c2c1OC(=O)CC. The van der Waals surface area contributed by atoms with Crippen LogP contribution in [-0.4, -0.2) is 38.6 Å². The number of hydrogen-bond acceptors (Lipinski definition) is 8. The summed E-state index contributed by atoms with van der Waals surface area (Å²) in [5.41, 5.74) is -0.0382. The Labute approximate surface area is 193 Å². The van der Waals surface area contributed by atoms with Gasteiger partial charge in [0.1, 0.15) is 5.75 Å². The lowest BCUT2D eigenvalue weighted by Gasteiger charge is -2.24. The standard InChI is InChI=1S/C23H29NO8S/c1-7-19(25)24(33(6,28)29)16-12-10-11-15-17(30-14(4)5)13-18(31-20(26)8-2)23(22(15)16)32-21(27)9-3/h10-14H,7-9H2,1-6H3. The Morgan fingerprint density at radius 3 is 2.06 bits per heavy atom. The zero-order chi connectivity index (χ0) is 24.9. The molecule has 0 aliphatic carbocycles. The lowest BCUT2D eigenvalue weighted by molar-refractivity contribution is -0.136. The van der Waals surface area contributed by atoms with Crippen molar-refractivity contribution < 1.29 is 37.0 Å². The van der Waals surface area contributed by atoms with Crippen LogP contribution >= 0.6 is 0 Å². The molecule has 0 aliphatic rings. The van der Waals surface area contributed by atoms with Gasteiger partial charge in [0.15, 0.2) is 11.5 Å². The van der Waals surface area contributed by atoms with E-state index in [2.05, 4.69) is 0 Å². The summed E-state index contributed by atoms with van der Waals surface area (Å²) in [5, 5.41) is 0.484. The smallest absolute Gasteiger partial charge is 0.311 e. The van der Waals surface area contributed by atoms with E-state index in [1.54, 1.807) is 39.8 Å². The molecule has 0 radical (unpaired) electrons. The van der Waals surface area contributed by atoms with E-state index in [0.717, 1.165) is 6.26 Å². The molecule has 0 unspecified atom stereocenters. The van der Waals surface area contributed by atoms with Crippen LogP contribution in [0.4, 0.5) is 5.69 Å². The largest absolute Gasteiger partial charge is 0.490 e. The van der Waals surface area contributed by atoms with E-state index in [9.17, 15) is 22.8 Å². The Morgan fingerprint density at radius 2 is 1.55 bits per heavy atom. The third-order valence-electron chi connectivity index (χ3n) is 4.48.